The van der Waals surface area contributed by atoms with E-state index in [1.54, 1.807) is 18.3 Å². The summed E-state index contributed by atoms with van der Waals surface area (Å²) in [7, 11) is 0. The summed E-state index contributed by atoms with van der Waals surface area (Å²) >= 11 is 6.03. The van der Waals surface area contributed by atoms with Crippen molar-refractivity contribution in [2.45, 2.75) is 6.54 Å². The van der Waals surface area contributed by atoms with Gasteiger partial charge >= 0.3 is 0 Å². The molecular formula is C20H19ClN6O. The molecule has 0 aliphatic heterocycles. The van der Waals surface area contributed by atoms with E-state index in [1.807, 2.05) is 30.3 Å². The van der Waals surface area contributed by atoms with Crippen LogP contribution in [0.5, 0.6) is 0 Å². The Morgan fingerprint density at radius 3 is 2.82 bits per heavy atom. The van der Waals surface area contributed by atoms with Gasteiger partial charge in [-0.3, -0.25) is 4.79 Å². The number of hydrogen-bond donors (Lipinski definition) is 4. The molecule has 0 aliphatic rings. The molecule has 1 aromatic heterocycles. The van der Waals surface area contributed by atoms with Crippen molar-refractivity contribution in [3.63, 3.8) is 0 Å². The molecule has 0 radical (unpaired) electrons. The second-order valence-electron chi connectivity index (χ2n) is 5.65. The van der Waals surface area contributed by atoms with E-state index in [-0.39, 0.29) is 16.2 Å². The molecule has 28 heavy (non-hydrogen) atoms. The first kappa shape index (κ1) is 20.6. The SMILES string of the molecule is C=C(C(=O)Nc1cccc(CNc2cccnc2N)c1)/C(Cl)=C\C(C#N)=C/N. The number of carbonyl (C=O) groups excluding carboxylic acids is 1. The molecular weight excluding hydrogens is 376 g/mol. The fraction of sp³-hybridized carbons (Fsp3) is 0.0500. The average Bonchev–Trinajstić information content (AvgIpc) is 2.70. The van der Waals surface area contributed by atoms with Crippen LogP contribution in [0.25, 0.3) is 0 Å². The highest BCUT2D eigenvalue weighted by molar-refractivity contribution is 6.36. The Balaban J connectivity index is 2.04. The maximum atomic E-state index is 12.3. The lowest BCUT2D eigenvalue weighted by molar-refractivity contribution is -0.112. The molecule has 0 spiro atoms. The van der Waals surface area contributed by atoms with Gasteiger partial charge in [0.2, 0.25) is 0 Å². The number of nitrogens with one attached hydrogen (secondary N) is 2. The largest absolute Gasteiger partial charge is 0.404 e. The molecule has 0 saturated carbocycles. The monoisotopic (exact) mass is 394 g/mol. The highest BCUT2D eigenvalue weighted by Crippen LogP contribution is 2.20. The summed E-state index contributed by atoms with van der Waals surface area (Å²) in [6, 6.07) is 12.7. The van der Waals surface area contributed by atoms with Gasteiger partial charge in [-0.2, -0.15) is 5.26 Å². The quantitative estimate of drug-likeness (QED) is 0.324. The molecule has 8 heteroatoms. The smallest absolute Gasteiger partial charge is 0.256 e. The van der Waals surface area contributed by atoms with E-state index in [0.717, 1.165) is 17.5 Å². The number of amides is 1. The number of aromatic nitrogens is 1. The number of allylic oxidation sites excluding steroid dienone is 2. The highest BCUT2D eigenvalue weighted by atomic mass is 35.5. The van der Waals surface area contributed by atoms with Crippen molar-refractivity contribution >= 4 is 34.7 Å². The Kier molecular flexibility index (Phi) is 7.20. The minimum absolute atomic E-state index is 0.0166. The maximum Gasteiger partial charge on any atom is 0.256 e. The van der Waals surface area contributed by atoms with Gasteiger partial charge in [0.25, 0.3) is 5.91 Å². The minimum atomic E-state index is -0.489. The second kappa shape index (κ2) is 9.80. The van der Waals surface area contributed by atoms with Gasteiger partial charge < -0.3 is 22.1 Å². The van der Waals surface area contributed by atoms with Gasteiger partial charge in [-0.15, -0.1) is 0 Å². The predicted octanol–water partition coefficient (Wildman–Crippen LogP) is 3.26. The van der Waals surface area contributed by atoms with Crippen molar-refractivity contribution in [1.82, 2.24) is 4.98 Å². The molecule has 0 aliphatic carbocycles. The molecule has 2 aromatic rings. The molecule has 0 fully saturated rings. The summed E-state index contributed by atoms with van der Waals surface area (Å²) < 4.78 is 0. The molecule has 1 heterocycles. The zero-order valence-corrected chi connectivity index (χ0v) is 15.7. The number of hydrogen-bond acceptors (Lipinski definition) is 6. The topological polar surface area (TPSA) is 130 Å². The molecule has 7 nitrogen and oxygen atoms in total. The molecule has 2 rings (SSSR count). The molecule has 1 amide bonds. The fourth-order valence-electron chi connectivity index (χ4n) is 2.18. The third-order valence-electron chi connectivity index (χ3n) is 3.66. The van der Waals surface area contributed by atoms with Gasteiger partial charge in [0, 0.05) is 24.6 Å². The lowest BCUT2D eigenvalue weighted by Crippen LogP contribution is -2.14. The molecule has 0 bridgehead atoms. The minimum Gasteiger partial charge on any atom is -0.404 e. The van der Waals surface area contributed by atoms with E-state index in [0.29, 0.717) is 18.1 Å². The number of nitrogens with two attached hydrogens (primary N) is 2. The van der Waals surface area contributed by atoms with Crippen molar-refractivity contribution in [2.24, 2.45) is 5.73 Å². The number of benzene rings is 1. The zero-order chi connectivity index (χ0) is 20.5. The molecule has 1 aromatic carbocycles. The number of nitriles is 1. The summed E-state index contributed by atoms with van der Waals surface area (Å²) in [5, 5.41) is 14.8. The number of nitrogen functional groups attached to an aromatic ring is 1. The first-order valence-electron chi connectivity index (χ1n) is 8.17. The standard InChI is InChI=1S/C20H19ClN6O/c1-13(17(21)9-15(10-22)11-23)20(28)27-16-5-2-4-14(8-16)12-26-18-6-3-7-25-19(18)24/h2-10,26H,1,12,22H2,(H2,24,25)(H,27,28)/b15-10+,17-9+. The van der Waals surface area contributed by atoms with Gasteiger partial charge in [0.15, 0.2) is 0 Å². The Morgan fingerprint density at radius 1 is 1.36 bits per heavy atom. The number of rotatable bonds is 7. The van der Waals surface area contributed by atoms with Crippen molar-refractivity contribution < 1.29 is 4.79 Å². The number of nitrogens with zero attached hydrogens (tertiary/aromatic N) is 2. The van der Waals surface area contributed by atoms with Crippen LogP contribution in [0.3, 0.4) is 0 Å². The van der Waals surface area contributed by atoms with Crippen LogP contribution in [0.15, 0.2) is 77.6 Å². The highest BCUT2D eigenvalue weighted by Gasteiger charge is 2.12. The van der Waals surface area contributed by atoms with E-state index in [4.69, 9.17) is 28.3 Å². The number of halogens is 1. The third kappa shape index (κ3) is 5.62. The molecule has 0 saturated heterocycles. The molecule has 0 unspecified atom stereocenters. The Labute approximate surface area is 168 Å². The van der Waals surface area contributed by atoms with E-state index in [2.05, 4.69) is 22.2 Å². The lowest BCUT2D eigenvalue weighted by atomic mass is 10.1. The van der Waals surface area contributed by atoms with Gasteiger partial charge in [-0.05, 0) is 35.9 Å². The normalized spacial score (nSPS) is 11.4. The maximum absolute atomic E-state index is 12.3. The summed E-state index contributed by atoms with van der Waals surface area (Å²) in [5.74, 6) is -0.0786. The van der Waals surface area contributed by atoms with Crippen molar-refractivity contribution in [3.05, 3.63) is 83.2 Å². The number of carbonyl (C=O) groups is 1. The van der Waals surface area contributed by atoms with Crippen LogP contribution in [-0.2, 0) is 11.3 Å². The Hall–Kier alpha value is -3.76. The Morgan fingerprint density at radius 2 is 2.14 bits per heavy atom. The zero-order valence-electron chi connectivity index (χ0n) is 14.9. The van der Waals surface area contributed by atoms with Crippen molar-refractivity contribution in [1.29, 1.82) is 5.26 Å². The number of anilines is 3. The predicted molar refractivity (Wildman–Crippen MR) is 112 cm³/mol. The summed E-state index contributed by atoms with van der Waals surface area (Å²) in [5.41, 5.74) is 13.5. The van der Waals surface area contributed by atoms with Gasteiger partial charge in [-0.1, -0.05) is 30.3 Å². The van der Waals surface area contributed by atoms with Crippen LogP contribution in [0, 0.1) is 11.3 Å². The molecule has 6 N–H and O–H groups in total. The van der Waals surface area contributed by atoms with E-state index in [9.17, 15) is 4.79 Å². The first-order valence-corrected chi connectivity index (χ1v) is 8.55. The van der Waals surface area contributed by atoms with Crippen LogP contribution in [0.4, 0.5) is 17.2 Å². The van der Waals surface area contributed by atoms with Gasteiger partial charge in [0.1, 0.15) is 11.9 Å². The summed E-state index contributed by atoms with van der Waals surface area (Å²) in [6.45, 7) is 4.15. The van der Waals surface area contributed by atoms with Crippen LogP contribution in [-0.4, -0.2) is 10.9 Å². The summed E-state index contributed by atoms with van der Waals surface area (Å²) in [4.78, 5) is 16.4. The average molecular weight is 395 g/mol. The Bertz CT molecular complexity index is 990. The first-order chi connectivity index (χ1) is 13.4. The van der Waals surface area contributed by atoms with Crippen LogP contribution < -0.4 is 22.1 Å². The summed E-state index contributed by atoms with van der Waals surface area (Å²) in [6.07, 6.45) is 3.99. The van der Waals surface area contributed by atoms with Gasteiger partial charge in [-0.25, -0.2) is 4.98 Å². The van der Waals surface area contributed by atoms with Crippen molar-refractivity contribution in [3.8, 4) is 6.07 Å². The molecule has 142 valence electrons. The van der Waals surface area contributed by atoms with E-state index < -0.39 is 5.91 Å². The van der Waals surface area contributed by atoms with Crippen LogP contribution in [0.2, 0.25) is 0 Å². The van der Waals surface area contributed by atoms with Crippen LogP contribution >= 0.6 is 11.6 Å². The van der Waals surface area contributed by atoms with Crippen LogP contribution in [0.1, 0.15) is 5.56 Å². The van der Waals surface area contributed by atoms with E-state index in [1.165, 1.54) is 6.08 Å². The van der Waals surface area contributed by atoms with E-state index >= 15 is 0 Å². The number of pyridine rings is 1. The molecule has 0 atom stereocenters. The van der Waals surface area contributed by atoms with Gasteiger partial charge in [0.05, 0.1) is 21.9 Å². The third-order valence-corrected chi connectivity index (χ3v) is 4.00. The lowest BCUT2D eigenvalue weighted by Gasteiger charge is -2.11. The fourth-order valence-corrected chi connectivity index (χ4v) is 2.38. The van der Waals surface area contributed by atoms with Crippen molar-refractivity contribution in [2.75, 3.05) is 16.4 Å². The second-order valence-corrected chi connectivity index (χ2v) is 6.06.